The van der Waals surface area contributed by atoms with E-state index in [1.165, 1.54) is 24.8 Å². The van der Waals surface area contributed by atoms with Crippen molar-refractivity contribution in [2.24, 2.45) is 23.7 Å². The van der Waals surface area contributed by atoms with Gasteiger partial charge in [0.15, 0.2) is 0 Å². The highest BCUT2D eigenvalue weighted by Crippen LogP contribution is 2.34. The Bertz CT molecular complexity index is 1120. The van der Waals surface area contributed by atoms with Gasteiger partial charge in [0.25, 0.3) is 0 Å². The van der Waals surface area contributed by atoms with Gasteiger partial charge >= 0.3 is 0 Å². The topological polar surface area (TPSA) is 98.7 Å². The van der Waals surface area contributed by atoms with Crippen molar-refractivity contribution in [3.63, 3.8) is 0 Å². The van der Waals surface area contributed by atoms with Crippen molar-refractivity contribution in [1.82, 2.24) is 10.6 Å². The van der Waals surface area contributed by atoms with Gasteiger partial charge in [-0.15, -0.1) is 0 Å². The molecule has 2 aliphatic rings. The van der Waals surface area contributed by atoms with Crippen molar-refractivity contribution < 1.29 is 19.8 Å². The highest BCUT2D eigenvalue weighted by atomic mass is 32.2. The maximum absolute atomic E-state index is 13.9. The van der Waals surface area contributed by atoms with E-state index in [-0.39, 0.29) is 23.7 Å². The highest BCUT2D eigenvalue weighted by molar-refractivity contribution is 7.98. The van der Waals surface area contributed by atoms with Crippen LogP contribution in [0.4, 0.5) is 0 Å². The molecule has 0 aliphatic heterocycles. The normalized spacial score (nSPS) is 19.1. The third kappa shape index (κ3) is 11.9. The van der Waals surface area contributed by atoms with Crippen LogP contribution in [-0.4, -0.2) is 52.1 Å². The molecular weight excluding hydrogens is 568 g/mol. The zero-order valence-corrected chi connectivity index (χ0v) is 27.5. The molecule has 0 unspecified atom stereocenters. The number of hydrogen-bond donors (Lipinski definition) is 4. The molecular formula is C37H54N2O4S. The molecule has 0 bridgehead atoms. The monoisotopic (exact) mass is 622 g/mol. The van der Waals surface area contributed by atoms with Gasteiger partial charge in [0.2, 0.25) is 11.8 Å². The first-order valence-electron chi connectivity index (χ1n) is 16.9. The van der Waals surface area contributed by atoms with E-state index in [1.54, 1.807) is 11.8 Å². The molecule has 0 radical (unpaired) electrons. The van der Waals surface area contributed by atoms with Gasteiger partial charge in [-0.25, -0.2) is 0 Å². The molecule has 44 heavy (non-hydrogen) atoms. The Labute approximate surface area is 269 Å². The average molecular weight is 623 g/mol. The molecule has 6 nitrogen and oxygen atoms in total. The standard InChI is InChI=1S/C37H54N2O4S/c1-26(2)20-34(40)35(41)32(22-28-14-8-4-9-15-28)38-37(43)33(23-29-18-19-29)39-36(42)31(21-27-12-6-3-7-13-27)25-44-24-30-16-10-5-11-17-30/h3,5-7,10-13,16-17,26,28-29,31-35,40-41H,4,8-9,14-15,18-25H2,1-2H3,(H,38,43)(H,39,42)/t31-,32+,33+,34+,35-/m1/s1. The molecule has 0 saturated heterocycles. The van der Waals surface area contributed by atoms with Crippen LogP contribution < -0.4 is 10.6 Å². The van der Waals surface area contributed by atoms with Crippen LogP contribution in [0.1, 0.15) is 89.2 Å². The third-order valence-electron chi connectivity index (χ3n) is 9.18. The molecule has 4 N–H and O–H groups in total. The van der Waals surface area contributed by atoms with Crippen LogP contribution >= 0.6 is 11.8 Å². The smallest absolute Gasteiger partial charge is 0.242 e. The summed E-state index contributed by atoms with van der Waals surface area (Å²) in [6.07, 6.45) is 8.27. The van der Waals surface area contributed by atoms with Gasteiger partial charge < -0.3 is 20.8 Å². The maximum Gasteiger partial charge on any atom is 0.242 e. The summed E-state index contributed by atoms with van der Waals surface area (Å²) in [5.41, 5.74) is 2.33. The summed E-state index contributed by atoms with van der Waals surface area (Å²) < 4.78 is 0. The summed E-state index contributed by atoms with van der Waals surface area (Å²) in [7, 11) is 0. The van der Waals surface area contributed by atoms with Crippen molar-refractivity contribution in [3.05, 3.63) is 71.8 Å². The molecule has 5 atom stereocenters. The van der Waals surface area contributed by atoms with Crippen LogP contribution in [0.5, 0.6) is 0 Å². The molecule has 4 rings (SSSR count). The zero-order chi connectivity index (χ0) is 31.3. The van der Waals surface area contributed by atoms with Crippen LogP contribution in [0.25, 0.3) is 0 Å². The Kier molecular flexibility index (Phi) is 14.1. The number of hydrogen-bond acceptors (Lipinski definition) is 5. The molecule has 2 aromatic rings. The van der Waals surface area contributed by atoms with Gasteiger partial charge in [0.1, 0.15) is 12.1 Å². The highest BCUT2D eigenvalue weighted by Gasteiger charge is 2.36. The van der Waals surface area contributed by atoms with E-state index in [9.17, 15) is 19.8 Å². The minimum absolute atomic E-state index is 0.0977. The molecule has 0 heterocycles. The summed E-state index contributed by atoms with van der Waals surface area (Å²) in [4.78, 5) is 27.8. The fourth-order valence-corrected chi connectivity index (χ4v) is 7.57. The summed E-state index contributed by atoms with van der Waals surface area (Å²) in [5, 5.41) is 28.4. The second kappa shape index (κ2) is 18.0. The summed E-state index contributed by atoms with van der Waals surface area (Å²) in [5.74, 6) is 1.94. The van der Waals surface area contributed by atoms with Crippen molar-refractivity contribution in [1.29, 1.82) is 0 Å². The quantitative estimate of drug-likeness (QED) is 0.157. The van der Waals surface area contributed by atoms with Crippen LogP contribution in [0.3, 0.4) is 0 Å². The largest absolute Gasteiger partial charge is 0.390 e. The fraction of sp³-hybridized carbons (Fsp3) is 0.622. The van der Waals surface area contributed by atoms with Crippen molar-refractivity contribution in [2.45, 2.75) is 115 Å². The first kappa shape index (κ1) is 34.5. The van der Waals surface area contributed by atoms with Gasteiger partial charge in [0.05, 0.1) is 18.1 Å². The number of aliphatic hydroxyl groups is 2. The zero-order valence-electron chi connectivity index (χ0n) is 26.7. The SMILES string of the molecule is CC(C)C[C@H](O)[C@H](O)[C@H](CC1CCCCC1)NC(=O)[C@H](CC1CC1)NC(=O)[C@@H](CSCc1ccccc1)Cc1ccccc1. The van der Waals surface area contributed by atoms with Gasteiger partial charge in [-0.05, 0) is 54.6 Å². The lowest BCUT2D eigenvalue weighted by molar-refractivity contribution is -0.132. The first-order valence-corrected chi connectivity index (χ1v) is 18.1. The van der Waals surface area contributed by atoms with E-state index in [2.05, 4.69) is 34.9 Å². The number of amides is 2. The van der Waals surface area contributed by atoms with Crippen molar-refractivity contribution in [3.8, 4) is 0 Å². The van der Waals surface area contributed by atoms with Crippen LogP contribution in [0.15, 0.2) is 60.7 Å². The molecule has 0 aromatic heterocycles. The van der Waals surface area contributed by atoms with E-state index >= 15 is 0 Å². The number of thioether (sulfide) groups is 1. The number of nitrogens with one attached hydrogen (secondary N) is 2. The Balaban J connectivity index is 1.45. The Morgan fingerprint density at radius 1 is 0.795 bits per heavy atom. The summed E-state index contributed by atoms with van der Waals surface area (Å²) in [6.45, 7) is 4.05. The molecule has 7 heteroatoms. The Hall–Kier alpha value is -2.35. The van der Waals surface area contributed by atoms with Gasteiger partial charge in [-0.3, -0.25) is 9.59 Å². The van der Waals surface area contributed by atoms with Crippen LogP contribution in [-0.2, 0) is 21.8 Å². The lowest BCUT2D eigenvalue weighted by Crippen LogP contribution is -2.56. The van der Waals surface area contributed by atoms with E-state index in [1.807, 2.05) is 50.2 Å². The van der Waals surface area contributed by atoms with E-state index in [0.717, 1.165) is 37.0 Å². The summed E-state index contributed by atoms with van der Waals surface area (Å²) in [6, 6.07) is 19.2. The number of aliphatic hydroxyl groups excluding tert-OH is 2. The Morgan fingerprint density at radius 3 is 2.02 bits per heavy atom. The van der Waals surface area contributed by atoms with Crippen molar-refractivity contribution in [2.75, 3.05) is 5.75 Å². The molecule has 2 saturated carbocycles. The van der Waals surface area contributed by atoms with E-state index in [0.29, 0.717) is 43.3 Å². The number of carbonyl (C=O) groups is 2. The van der Waals surface area contributed by atoms with Crippen LogP contribution in [0, 0.1) is 23.7 Å². The van der Waals surface area contributed by atoms with E-state index < -0.39 is 24.3 Å². The lowest BCUT2D eigenvalue weighted by Gasteiger charge is -2.34. The fourth-order valence-electron chi connectivity index (χ4n) is 6.47. The number of carbonyl (C=O) groups excluding carboxylic acids is 2. The predicted octanol–water partition coefficient (Wildman–Crippen LogP) is 6.29. The van der Waals surface area contributed by atoms with E-state index in [4.69, 9.17) is 0 Å². The van der Waals surface area contributed by atoms with Crippen molar-refractivity contribution >= 4 is 23.6 Å². The van der Waals surface area contributed by atoms with Gasteiger partial charge in [0, 0.05) is 11.5 Å². The minimum atomic E-state index is -1.04. The number of rotatable bonds is 18. The third-order valence-corrected chi connectivity index (χ3v) is 10.4. The molecule has 2 aromatic carbocycles. The molecule has 242 valence electrons. The lowest BCUT2D eigenvalue weighted by atomic mass is 9.82. The molecule has 2 aliphatic carbocycles. The second-order valence-electron chi connectivity index (χ2n) is 13.7. The van der Waals surface area contributed by atoms with Gasteiger partial charge in [-0.1, -0.05) is 119 Å². The predicted molar refractivity (Wildman–Crippen MR) is 180 cm³/mol. The Morgan fingerprint density at radius 2 is 1.41 bits per heavy atom. The maximum atomic E-state index is 13.9. The summed E-state index contributed by atoms with van der Waals surface area (Å²) >= 11 is 1.74. The molecule has 2 amide bonds. The average Bonchev–Trinajstić information content (AvgIpc) is 3.85. The minimum Gasteiger partial charge on any atom is -0.390 e. The molecule has 2 fully saturated rings. The van der Waals surface area contributed by atoms with Crippen LogP contribution in [0.2, 0.25) is 0 Å². The number of benzene rings is 2. The second-order valence-corrected chi connectivity index (χ2v) is 14.7. The molecule has 0 spiro atoms. The van der Waals surface area contributed by atoms with Gasteiger partial charge in [-0.2, -0.15) is 11.8 Å². The first-order chi connectivity index (χ1) is 21.3.